The smallest absolute Gasteiger partial charge is 0.339 e. The van der Waals surface area contributed by atoms with Gasteiger partial charge in [-0.3, -0.25) is 9.59 Å². The van der Waals surface area contributed by atoms with E-state index in [-0.39, 0.29) is 0 Å². The molecule has 0 unspecified atom stereocenters. The third-order valence-corrected chi connectivity index (χ3v) is 2.05. The van der Waals surface area contributed by atoms with Gasteiger partial charge < -0.3 is 19.7 Å². The largest absolute Gasteiger partial charge is 0.478 e. The van der Waals surface area contributed by atoms with Crippen LogP contribution in [-0.2, 0) is 9.59 Å². The maximum absolute atomic E-state index is 11.0. The van der Waals surface area contributed by atoms with Gasteiger partial charge in [0.1, 0.15) is 22.6 Å². The van der Waals surface area contributed by atoms with Crippen LogP contribution >= 0.6 is 0 Å². The third-order valence-electron chi connectivity index (χ3n) is 2.05. The molecule has 2 N–H and O–H groups in total. The molecule has 0 aliphatic heterocycles. The normalized spacial score (nSPS) is 9.70. The third kappa shape index (κ3) is 3.55. The number of carbonyl (C=O) groups is 4. The molecule has 0 spiro atoms. The maximum Gasteiger partial charge on any atom is 0.339 e. The summed E-state index contributed by atoms with van der Waals surface area (Å²) < 4.78 is 9.32. The van der Waals surface area contributed by atoms with Crippen LogP contribution in [0.1, 0.15) is 34.6 Å². The van der Waals surface area contributed by atoms with Crippen molar-refractivity contribution < 1.29 is 38.9 Å². The summed E-state index contributed by atoms with van der Waals surface area (Å²) in [7, 11) is 0. The number of ether oxygens (including phenoxy) is 2. The van der Waals surface area contributed by atoms with Gasteiger partial charge in [0.25, 0.3) is 0 Å². The predicted molar refractivity (Wildman–Crippen MR) is 63.0 cm³/mol. The Morgan fingerprint density at radius 2 is 1.15 bits per heavy atom. The van der Waals surface area contributed by atoms with Crippen molar-refractivity contribution in [1.82, 2.24) is 0 Å². The molecule has 0 aliphatic rings. The molecule has 0 atom stereocenters. The molecule has 106 valence electrons. The van der Waals surface area contributed by atoms with Crippen LogP contribution in [0.25, 0.3) is 0 Å². The molecule has 0 amide bonds. The molecule has 1 rings (SSSR count). The second kappa shape index (κ2) is 5.83. The van der Waals surface area contributed by atoms with Gasteiger partial charge in [0, 0.05) is 19.9 Å². The van der Waals surface area contributed by atoms with Gasteiger partial charge in [0.2, 0.25) is 0 Å². The summed E-state index contributed by atoms with van der Waals surface area (Å²) in [6, 6.07) is 1.62. The van der Waals surface area contributed by atoms with E-state index in [9.17, 15) is 19.2 Å². The van der Waals surface area contributed by atoms with E-state index in [1.807, 2.05) is 0 Å². The van der Waals surface area contributed by atoms with E-state index >= 15 is 0 Å². The van der Waals surface area contributed by atoms with Crippen molar-refractivity contribution in [2.24, 2.45) is 0 Å². The summed E-state index contributed by atoms with van der Waals surface area (Å²) >= 11 is 0. The molecule has 1 aromatic rings. The number of carbonyl (C=O) groups excluding carboxylic acids is 2. The van der Waals surface area contributed by atoms with Gasteiger partial charge in [0.15, 0.2) is 0 Å². The van der Waals surface area contributed by atoms with Crippen molar-refractivity contribution in [2.45, 2.75) is 13.8 Å². The van der Waals surface area contributed by atoms with Gasteiger partial charge in [0.05, 0.1) is 0 Å². The fraction of sp³-hybridized carbons (Fsp3) is 0.167. The summed E-state index contributed by atoms with van der Waals surface area (Å²) in [6.45, 7) is 2.09. The summed E-state index contributed by atoms with van der Waals surface area (Å²) in [4.78, 5) is 43.8. The van der Waals surface area contributed by atoms with Gasteiger partial charge in [-0.15, -0.1) is 0 Å². The molecular formula is C12H10O8. The zero-order valence-corrected chi connectivity index (χ0v) is 10.5. The standard InChI is InChI=1S/C12H10O8/c1-5(13)19-9-4-10(20-6(2)14)8(12(17)18)3-7(9)11(15)16/h3-4H,1-2H3,(H,15,16)(H,17,18). The maximum atomic E-state index is 11.0. The fourth-order valence-corrected chi connectivity index (χ4v) is 1.37. The van der Waals surface area contributed by atoms with Crippen molar-refractivity contribution in [2.75, 3.05) is 0 Å². The Morgan fingerprint density at radius 1 is 0.800 bits per heavy atom. The first-order chi connectivity index (χ1) is 9.22. The summed E-state index contributed by atoms with van der Waals surface area (Å²) in [5, 5.41) is 17.9. The lowest BCUT2D eigenvalue weighted by atomic mass is 10.1. The predicted octanol–water partition coefficient (Wildman–Crippen LogP) is 0.934. The van der Waals surface area contributed by atoms with Crippen molar-refractivity contribution >= 4 is 23.9 Å². The first-order valence-corrected chi connectivity index (χ1v) is 5.23. The van der Waals surface area contributed by atoms with E-state index in [2.05, 4.69) is 9.47 Å². The Balaban J connectivity index is 3.50. The van der Waals surface area contributed by atoms with E-state index in [1.165, 1.54) is 0 Å². The lowest BCUT2D eigenvalue weighted by Crippen LogP contribution is -2.12. The molecule has 0 saturated carbocycles. The van der Waals surface area contributed by atoms with Gasteiger partial charge in [-0.1, -0.05) is 0 Å². The number of carboxylic acids is 2. The highest BCUT2D eigenvalue weighted by Gasteiger charge is 2.22. The minimum Gasteiger partial charge on any atom is -0.478 e. The molecule has 8 nitrogen and oxygen atoms in total. The number of esters is 2. The van der Waals surface area contributed by atoms with Crippen LogP contribution in [0.5, 0.6) is 11.5 Å². The Bertz CT molecular complexity index is 552. The van der Waals surface area contributed by atoms with Crippen LogP contribution in [0.3, 0.4) is 0 Å². The number of carboxylic acid groups (broad SMARTS) is 2. The molecule has 1 aromatic carbocycles. The van der Waals surface area contributed by atoms with Crippen molar-refractivity contribution in [3.05, 3.63) is 23.3 Å². The minimum absolute atomic E-state index is 0.411. The van der Waals surface area contributed by atoms with Crippen LogP contribution in [0.15, 0.2) is 12.1 Å². The quantitative estimate of drug-likeness (QED) is 0.616. The molecule has 0 aromatic heterocycles. The average molecular weight is 282 g/mol. The molecular weight excluding hydrogens is 272 g/mol. The van der Waals surface area contributed by atoms with Crippen LogP contribution in [-0.4, -0.2) is 34.1 Å². The molecule has 0 radical (unpaired) electrons. The molecule has 0 fully saturated rings. The highest BCUT2D eigenvalue weighted by molar-refractivity contribution is 5.99. The van der Waals surface area contributed by atoms with Crippen molar-refractivity contribution in [3.63, 3.8) is 0 Å². The number of benzene rings is 1. The topological polar surface area (TPSA) is 127 Å². The average Bonchev–Trinajstić information content (AvgIpc) is 2.26. The summed E-state index contributed by atoms with van der Waals surface area (Å²) in [5.74, 6) is -5.40. The van der Waals surface area contributed by atoms with E-state index in [1.54, 1.807) is 0 Å². The van der Waals surface area contributed by atoms with Gasteiger partial charge >= 0.3 is 23.9 Å². The van der Waals surface area contributed by atoms with E-state index in [4.69, 9.17) is 10.2 Å². The van der Waals surface area contributed by atoms with Crippen LogP contribution in [0.2, 0.25) is 0 Å². The lowest BCUT2D eigenvalue weighted by molar-refractivity contribution is -0.132. The highest BCUT2D eigenvalue weighted by Crippen LogP contribution is 2.30. The second-order valence-electron chi connectivity index (χ2n) is 3.64. The molecule has 0 heterocycles. The van der Waals surface area contributed by atoms with E-state index in [0.29, 0.717) is 0 Å². The molecule has 20 heavy (non-hydrogen) atoms. The minimum atomic E-state index is -1.49. The van der Waals surface area contributed by atoms with Crippen LogP contribution in [0, 0.1) is 0 Å². The number of aromatic carboxylic acids is 2. The van der Waals surface area contributed by atoms with Crippen molar-refractivity contribution in [1.29, 1.82) is 0 Å². The van der Waals surface area contributed by atoms with Gasteiger partial charge in [-0.25, -0.2) is 9.59 Å². The summed E-state index contributed by atoms with van der Waals surface area (Å²) in [5.41, 5.74) is -1.07. The van der Waals surface area contributed by atoms with E-state index in [0.717, 1.165) is 26.0 Å². The number of hydrogen-bond acceptors (Lipinski definition) is 6. The van der Waals surface area contributed by atoms with Gasteiger partial charge in [-0.05, 0) is 6.07 Å². The van der Waals surface area contributed by atoms with Crippen LogP contribution < -0.4 is 9.47 Å². The Morgan fingerprint density at radius 3 is 1.40 bits per heavy atom. The number of rotatable bonds is 4. The monoisotopic (exact) mass is 282 g/mol. The van der Waals surface area contributed by atoms with Crippen LogP contribution in [0.4, 0.5) is 0 Å². The SMILES string of the molecule is CC(=O)Oc1cc(OC(C)=O)c(C(=O)O)cc1C(=O)O. The van der Waals surface area contributed by atoms with Crippen molar-refractivity contribution in [3.8, 4) is 11.5 Å². The number of hydrogen-bond donors (Lipinski definition) is 2. The Hall–Kier alpha value is -2.90. The highest BCUT2D eigenvalue weighted by atomic mass is 16.5. The lowest BCUT2D eigenvalue weighted by Gasteiger charge is -2.11. The first kappa shape index (κ1) is 15.2. The zero-order chi connectivity index (χ0) is 15.4. The molecule has 8 heteroatoms. The molecule has 0 aliphatic carbocycles. The Labute approximate surface area is 112 Å². The first-order valence-electron chi connectivity index (χ1n) is 5.23. The van der Waals surface area contributed by atoms with Gasteiger partial charge in [-0.2, -0.15) is 0 Å². The van der Waals surface area contributed by atoms with E-state index < -0.39 is 46.5 Å². The fourth-order valence-electron chi connectivity index (χ4n) is 1.37. The summed E-state index contributed by atoms with van der Waals surface area (Å²) in [6.07, 6.45) is 0. The second-order valence-corrected chi connectivity index (χ2v) is 3.64. The Kier molecular flexibility index (Phi) is 4.42. The zero-order valence-electron chi connectivity index (χ0n) is 10.5. The molecule has 0 saturated heterocycles. The molecule has 0 bridgehead atoms.